The van der Waals surface area contributed by atoms with Crippen LogP contribution in [0.3, 0.4) is 0 Å². The maximum atomic E-state index is 12.0. The van der Waals surface area contributed by atoms with Crippen LogP contribution in [0, 0.1) is 11.3 Å². The van der Waals surface area contributed by atoms with Crippen molar-refractivity contribution in [2.45, 2.75) is 6.42 Å². The number of carbonyl (C=O) groups is 1. The number of hydrogen-bond donors (Lipinski definition) is 0. The Hall–Kier alpha value is -2.68. The van der Waals surface area contributed by atoms with Crippen LogP contribution in [0.4, 0.5) is 0 Å². The first-order valence-corrected chi connectivity index (χ1v) is 5.13. The molecule has 0 atom stereocenters. The van der Waals surface area contributed by atoms with Gasteiger partial charge in [-0.25, -0.2) is 0 Å². The molecule has 1 aromatic heterocycles. The van der Waals surface area contributed by atoms with Crippen LogP contribution < -0.4 is 4.74 Å². The lowest BCUT2D eigenvalue weighted by molar-refractivity contribution is 0.102. The molecule has 0 spiro atoms. The first-order valence-electron chi connectivity index (χ1n) is 5.13. The van der Waals surface area contributed by atoms with E-state index in [0.29, 0.717) is 11.3 Å². The van der Waals surface area contributed by atoms with Gasteiger partial charge in [0.15, 0.2) is 0 Å². The van der Waals surface area contributed by atoms with Crippen molar-refractivity contribution in [1.29, 1.82) is 5.26 Å². The topological polar surface area (TPSA) is 89.0 Å². The predicted molar refractivity (Wildman–Crippen MR) is 60.0 cm³/mol. The largest absolute Gasteiger partial charge is 0.497 e. The summed E-state index contributed by atoms with van der Waals surface area (Å²) in [4.78, 5) is 15.8. The Balaban J connectivity index is 2.21. The number of methoxy groups -OCH3 is 1. The predicted octanol–water partition coefficient (Wildman–Crippen LogP) is 1.38. The highest BCUT2D eigenvalue weighted by atomic mass is 16.5. The second-order valence-electron chi connectivity index (χ2n) is 3.40. The number of carbonyl (C=O) groups excluding carboxylic acids is 1. The van der Waals surface area contributed by atoms with Crippen molar-refractivity contribution in [2.24, 2.45) is 0 Å². The van der Waals surface area contributed by atoms with Crippen LogP contribution in [0.25, 0.3) is 0 Å². The molecule has 0 saturated heterocycles. The third kappa shape index (κ3) is 2.35. The Kier molecular flexibility index (Phi) is 3.34. The zero-order valence-electron chi connectivity index (χ0n) is 9.58. The first kappa shape index (κ1) is 11.8. The summed E-state index contributed by atoms with van der Waals surface area (Å²) in [7, 11) is 1.55. The van der Waals surface area contributed by atoms with E-state index in [1.807, 2.05) is 6.07 Å². The number of nitriles is 1. The van der Waals surface area contributed by atoms with Crippen LogP contribution in [0.1, 0.15) is 22.1 Å². The molecular formula is C12H9N3O3. The molecule has 0 fully saturated rings. The van der Waals surface area contributed by atoms with Gasteiger partial charge < -0.3 is 9.26 Å². The summed E-state index contributed by atoms with van der Waals surface area (Å²) < 4.78 is 9.76. The lowest BCUT2D eigenvalue weighted by atomic mass is 10.1. The van der Waals surface area contributed by atoms with Crippen molar-refractivity contribution >= 4 is 5.78 Å². The standard InChI is InChI=1S/C12H9N3O3/c1-17-9-4-2-8(3-5-9)11(16)12-14-10(6-7-13)18-15-12/h2-5H,6H2,1H3. The van der Waals surface area contributed by atoms with Crippen molar-refractivity contribution < 1.29 is 14.1 Å². The molecule has 0 aliphatic rings. The quantitative estimate of drug-likeness (QED) is 0.753. The van der Waals surface area contributed by atoms with Crippen molar-refractivity contribution in [2.75, 3.05) is 7.11 Å². The van der Waals surface area contributed by atoms with Crippen molar-refractivity contribution in [3.63, 3.8) is 0 Å². The third-order valence-electron chi connectivity index (χ3n) is 2.25. The summed E-state index contributed by atoms with van der Waals surface area (Å²) in [5.74, 6) is 0.384. The van der Waals surface area contributed by atoms with E-state index >= 15 is 0 Å². The molecule has 2 rings (SSSR count). The summed E-state index contributed by atoms with van der Waals surface area (Å²) >= 11 is 0. The first-order chi connectivity index (χ1) is 8.74. The molecule has 1 heterocycles. The zero-order chi connectivity index (χ0) is 13.0. The molecule has 0 radical (unpaired) electrons. The molecule has 0 aliphatic carbocycles. The van der Waals surface area contributed by atoms with E-state index in [2.05, 4.69) is 10.1 Å². The van der Waals surface area contributed by atoms with Crippen molar-refractivity contribution in [3.8, 4) is 11.8 Å². The number of ketones is 1. The van der Waals surface area contributed by atoms with Crippen LogP contribution in [-0.2, 0) is 6.42 Å². The fourth-order valence-electron chi connectivity index (χ4n) is 1.36. The molecular weight excluding hydrogens is 234 g/mol. The van der Waals surface area contributed by atoms with E-state index in [1.165, 1.54) is 0 Å². The van der Waals surface area contributed by atoms with Crippen molar-refractivity contribution in [3.05, 3.63) is 41.5 Å². The molecule has 0 amide bonds. The highest BCUT2D eigenvalue weighted by Crippen LogP contribution is 2.13. The summed E-state index contributed by atoms with van der Waals surface area (Å²) in [5, 5.41) is 12.0. The van der Waals surface area contributed by atoms with E-state index in [1.54, 1.807) is 31.4 Å². The van der Waals surface area contributed by atoms with Crippen LogP contribution in [0.2, 0.25) is 0 Å². The number of ether oxygens (including phenoxy) is 1. The van der Waals surface area contributed by atoms with E-state index in [0.717, 1.165) is 0 Å². The van der Waals surface area contributed by atoms with Gasteiger partial charge in [0.2, 0.25) is 17.5 Å². The zero-order valence-corrected chi connectivity index (χ0v) is 9.58. The average molecular weight is 243 g/mol. The molecule has 0 aliphatic heterocycles. The van der Waals surface area contributed by atoms with Gasteiger partial charge in [0.1, 0.15) is 12.2 Å². The number of benzene rings is 1. The van der Waals surface area contributed by atoms with Gasteiger partial charge in [0.25, 0.3) is 0 Å². The summed E-state index contributed by atoms with van der Waals surface area (Å²) in [6, 6.07) is 8.43. The maximum absolute atomic E-state index is 12.0. The van der Waals surface area contributed by atoms with Gasteiger partial charge in [-0.15, -0.1) is 0 Å². The molecule has 6 nitrogen and oxygen atoms in total. The third-order valence-corrected chi connectivity index (χ3v) is 2.25. The second kappa shape index (κ2) is 5.10. The Labute approximate surface area is 103 Å². The Bertz CT molecular complexity index is 596. The molecule has 0 saturated carbocycles. The lowest BCUT2D eigenvalue weighted by Gasteiger charge is -1.99. The number of rotatable bonds is 4. The fraction of sp³-hybridized carbons (Fsp3) is 0.167. The van der Waals surface area contributed by atoms with E-state index in [4.69, 9.17) is 14.5 Å². The van der Waals surface area contributed by atoms with Gasteiger partial charge >= 0.3 is 0 Å². The lowest BCUT2D eigenvalue weighted by Crippen LogP contribution is -2.03. The summed E-state index contributed by atoms with van der Waals surface area (Å²) in [6.07, 6.45) is -0.0110. The minimum atomic E-state index is -0.356. The molecule has 90 valence electrons. The van der Waals surface area contributed by atoms with Crippen LogP contribution in [0.15, 0.2) is 28.8 Å². The van der Waals surface area contributed by atoms with Crippen LogP contribution >= 0.6 is 0 Å². The minimum Gasteiger partial charge on any atom is -0.497 e. The van der Waals surface area contributed by atoms with Gasteiger partial charge in [-0.3, -0.25) is 4.79 Å². The van der Waals surface area contributed by atoms with E-state index in [9.17, 15) is 4.79 Å². The van der Waals surface area contributed by atoms with Crippen LogP contribution in [0.5, 0.6) is 5.75 Å². The summed E-state index contributed by atoms with van der Waals surface area (Å²) in [5.41, 5.74) is 0.431. The monoisotopic (exact) mass is 243 g/mol. The van der Waals surface area contributed by atoms with Gasteiger partial charge in [-0.2, -0.15) is 10.2 Å². The van der Waals surface area contributed by atoms with Gasteiger partial charge in [-0.05, 0) is 24.3 Å². The molecule has 6 heteroatoms. The average Bonchev–Trinajstić information content (AvgIpc) is 2.87. The van der Waals surface area contributed by atoms with Gasteiger partial charge in [0.05, 0.1) is 13.2 Å². The van der Waals surface area contributed by atoms with Crippen molar-refractivity contribution in [1.82, 2.24) is 10.1 Å². The normalized spacial score (nSPS) is 9.78. The molecule has 18 heavy (non-hydrogen) atoms. The van der Waals surface area contributed by atoms with E-state index < -0.39 is 0 Å². The SMILES string of the molecule is COc1ccc(C(=O)c2noc(CC#N)n2)cc1. The number of hydrogen-bond acceptors (Lipinski definition) is 6. The van der Waals surface area contributed by atoms with Crippen LogP contribution in [-0.4, -0.2) is 23.0 Å². The molecule has 1 aromatic carbocycles. The highest BCUT2D eigenvalue weighted by molar-refractivity contribution is 6.06. The van der Waals surface area contributed by atoms with Gasteiger partial charge in [-0.1, -0.05) is 5.16 Å². The Morgan fingerprint density at radius 2 is 2.17 bits per heavy atom. The number of nitrogens with zero attached hydrogens (tertiary/aromatic N) is 3. The highest BCUT2D eigenvalue weighted by Gasteiger charge is 2.16. The smallest absolute Gasteiger partial charge is 0.243 e. The number of aromatic nitrogens is 2. The van der Waals surface area contributed by atoms with E-state index in [-0.39, 0.29) is 23.9 Å². The Morgan fingerprint density at radius 3 is 2.78 bits per heavy atom. The molecule has 0 unspecified atom stereocenters. The molecule has 2 aromatic rings. The molecule has 0 bridgehead atoms. The fourth-order valence-corrected chi connectivity index (χ4v) is 1.36. The maximum Gasteiger partial charge on any atom is 0.243 e. The summed E-state index contributed by atoms with van der Waals surface area (Å²) in [6.45, 7) is 0. The van der Waals surface area contributed by atoms with Gasteiger partial charge in [0, 0.05) is 5.56 Å². The molecule has 0 N–H and O–H groups in total. The second-order valence-corrected chi connectivity index (χ2v) is 3.40. The minimum absolute atomic E-state index is 0.0110. The Morgan fingerprint density at radius 1 is 1.44 bits per heavy atom.